The minimum Gasteiger partial charge on any atom is -0.772 e. The molecule has 0 aliphatic heterocycles. The van der Waals surface area contributed by atoms with Crippen LogP contribution in [0, 0.1) is 0 Å². The van der Waals surface area contributed by atoms with Crippen LogP contribution in [-0.4, -0.2) is 14.5 Å². The first kappa shape index (κ1) is 8.85. The van der Waals surface area contributed by atoms with E-state index in [1.165, 1.54) is 0 Å². The van der Waals surface area contributed by atoms with Gasteiger partial charge in [-0.25, -0.2) is 0 Å². The second-order valence-corrected chi connectivity index (χ2v) is 2.67. The lowest BCUT2D eigenvalue weighted by Gasteiger charge is -1.96. The van der Waals surface area contributed by atoms with Crippen LogP contribution in [0.3, 0.4) is 0 Å². The van der Waals surface area contributed by atoms with Gasteiger partial charge in [-0.2, -0.15) is 0 Å². The summed E-state index contributed by atoms with van der Waals surface area (Å²) in [6, 6.07) is 0. The van der Waals surface area contributed by atoms with Crippen molar-refractivity contribution in [1.29, 1.82) is 0 Å². The highest BCUT2D eigenvalue weighted by Gasteiger charge is 1.75. The summed E-state index contributed by atoms with van der Waals surface area (Å²) in [5.41, 5.74) is 0. The quantitative estimate of drug-likeness (QED) is 0.443. The van der Waals surface area contributed by atoms with Crippen LogP contribution in [0.5, 0.6) is 0 Å². The van der Waals surface area contributed by atoms with E-state index in [4.69, 9.17) is 0 Å². The minimum atomic E-state index is -1.91. The summed E-state index contributed by atoms with van der Waals surface area (Å²) in [6.45, 7) is 2.05. The van der Waals surface area contributed by atoms with Gasteiger partial charge in [0.25, 0.3) is 0 Å². The van der Waals surface area contributed by atoms with Gasteiger partial charge in [0, 0.05) is 5.75 Å². The Morgan fingerprint density at radius 2 is 2.22 bits per heavy atom. The normalized spacial score (nSPS) is 14.4. The average molecular weight is 147 g/mol. The maximum Gasteiger partial charge on any atom is 0.0282 e. The molecule has 54 valence electrons. The van der Waals surface area contributed by atoms with Crippen molar-refractivity contribution in [2.45, 2.75) is 19.8 Å². The highest BCUT2D eigenvalue weighted by molar-refractivity contribution is 7.79. The zero-order valence-corrected chi connectivity index (χ0v) is 6.32. The summed E-state index contributed by atoms with van der Waals surface area (Å²) in [4.78, 5) is 0. The molecule has 0 heterocycles. The van der Waals surface area contributed by atoms with Gasteiger partial charge in [0.2, 0.25) is 0 Å². The number of allylic oxidation sites excluding steroid dienone is 1. The number of rotatable bonds is 4. The molecule has 0 amide bonds. The fourth-order valence-electron chi connectivity index (χ4n) is 0.431. The molecule has 9 heavy (non-hydrogen) atoms. The molecular weight excluding hydrogens is 136 g/mol. The Morgan fingerprint density at radius 3 is 2.67 bits per heavy atom. The molecule has 0 aromatic rings. The van der Waals surface area contributed by atoms with Crippen LogP contribution < -0.4 is 0 Å². The van der Waals surface area contributed by atoms with Gasteiger partial charge in [-0.05, 0) is 6.42 Å². The second-order valence-electron chi connectivity index (χ2n) is 1.73. The first-order valence-corrected chi connectivity index (χ1v) is 4.22. The highest BCUT2D eigenvalue weighted by Crippen LogP contribution is 1.88. The Labute approximate surface area is 58.3 Å². The molecule has 0 rings (SSSR count). The van der Waals surface area contributed by atoms with E-state index >= 15 is 0 Å². The van der Waals surface area contributed by atoms with Crippen LogP contribution >= 0.6 is 0 Å². The van der Waals surface area contributed by atoms with Gasteiger partial charge in [-0.1, -0.05) is 36.6 Å². The largest absolute Gasteiger partial charge is 0.772 e. The van der Waals surface area contributed by atoms with Crippen LogP contribution in [-0.2, 0) is 11.1 Å². The predicted octanol–water partition coefficient (Wildman–Crippen LogP) is 1.22. The SMILES string of the molecule is CCCC=CCS(=O)[O-]. The van der Waals surface area contributed by atoms with Crippen molar-refractivity contribution in [3.05, 3.63) is 12.2 Å². The Bertz CT molecular complexity index is 110. The van der Waals surface area contributed by atoms with Gasteiger partial charge in [0.05, 0.1) is 0 Å². The molecule has 0 spiro atoms. The fourth-order valence-corrected chi connectivity index (χ4v) is 0.724. The van der Waals surface area contributed by atoms with Gasteiger partial charge in [0.15, 0.2) is 0 Å². The third-order valence-electron chi connectivity index (χ3n) is 0.854. The smallest absolute Gasteiger partial charge is 0.0282 e. The number of hydrogen-bond acceptors (Lipinski definition) is 2. The van der Waals surface area contributed by atoms with Crippen LogP contribution in [0.4, 0.5) is 0 Å². The molecule has 0 aliphatic carbocycles. The minimum absolute atomic E-state index is 0.153. The summed E-state index contributed by atoms with van der Waals surface area (Å²) in [7, 11) is 0. The molecule has 0 N–H and O–H groups in total. The molecule has 0 aromatic heterocycles. The molecule has 0 saturated carbocycles. The Hall–Kier alpha value is -0.150. The number of hydrogen-bond donors (Lipinski definition) is 0. The van der Waals surface area contributed by atoms with Crippen LogP contribution in [0.15, 0.2) is 12.2 Å². The van der Waals surface area contributed by atoms with Gasteiger partial charge < -0.3 is 4.55 Å². The maximum absolute atomic E-state index is 9.91. The van der Waals surface area contributed by atoms with E-state index in [0.29, 0.717) is 0 Å². The van der Waals surface area contributed by atoms with E-state index < -0.39 is 11.1 Å². The Kier molecular flexibility index (Phi) is 5.88. The molecule has 0 aliphatic rings. The standard InChI is InChI=1S/C6H12O2S/c1-2-3-4-5-6-9(7)8/h4-5H,2-3,6H2,1H3,(H,7,8)/p-1. The van der Waals surface area contributed by atoms with Crippen LogP contribution in [0.1, 0.15) is 19.8 Å². The van der Waals surface area contributed by atoms with Gasteiger partial charge in [-0.3, -0.25) is 4.21 Å². The average Bonchev–Trinajstić information content (AvgIpc) is 1.80. The maximum atomic E-state index is 9.91. The van der Waals surface area contributed by atoms with Crippen LogP contribution in [0.2, 0.25) is 0 Å². The van der Waals surface area contributed by atoms with Crippen molar-refractivity contribution in [1.82, 2.24) is 0 Å². The van der Waals surface area contributed by atoms with Crippen molar-refractivity contribution in [2.24, 2.45) is 0 Å². The van der Waals surface area contributed by atoms with Crippen molar-refractivity contribution < 1.29 is 8.76 Å². The summed E-state index contributed by atoms with van der Waals surface area (Å²) >= 11 is -1.91. The van der Waals surface area contributed by atoms with Gasteiger partial charge >= 0.3 is 0 Å². The molecule has 3 heteroatoms. The number of unbranched alkanes of at least 4 members (excludes halogenated alkanes) is 1. The molecule has 0 radical (unpaired) electrons. The molecule has 2 nitrogen and oxygen atoms in total. The van der Waals surface area contributed by atoms with E-state index in [1.54, 1.807) is 6.08 Å². The highest BCUT2D eigenvalue weighted by atomic mass is 32.2. The summed E-state index contributed by atoms with van der Waals surface area (Å²) in [5.74, 6) is 0.153. The summed E-state index contributed by atoms with van der Waals surface area (Å²) in [5, 5.41) is 0. The zero-order valence-electron chi connectivity index (χ0n) is 5.50. The Morgan fingerprint density at radius 1 is 1.56 bits per heavy atom. The van der Waals surface area contributed by atoms with Crippen LogP contribution in [0.25, 0.3) is 0 Å². The van der Waals surface area contributed by atoms with Crippen molar-refractivity contribution in [2.75, 3.05) is 5.75 Å². The second kappa shape index (κ2) is 5.98. The molecule has 1 unspecified atom stereocenters. The topological polar surface area (TPSA) is 40.1 Å². The lowest BCUT2D eigenvalue weighted by Crippen LogP contribution is -1.89. The molecule has 1 atom stereocenters. The van der Waals surface area contributed by atoms with E-state index in [1.807, 2.05) is 6.08 Å². The third-order valence-corrected chi connectivity index (χ3v) is 1.32. The lowest BCUT2D eigenvalue weighted by atomic mass is 10.3. The van der Waals surface area contributed by atoms with E-state index in [-0.39, 0.29) is 5.75 Å². The molecule has 0 bridgehead atoms. The Balaban J connectivity index is 3.14. The van der Waals surface area contributed by atoms with E-state index in [0.717, 1.165) is 12.8 Å². The lowest BCUT2D eigenvalue weighted by molar-refractivity contribution is 0.540. The van der Waals surface area contributed by atoms with E-state index in [2.05, 4.69) is 6.92 Å². The fraction of sp³-hybridized carbons (Fsp3) is 0.667. The molecular formula is C6H11O2S-. The van der Waals surface area contributed by atoms with Crippen molar-refractivity contribution >= 4 is 11.1 Å². The van der Waals surface area contributed by atoms with Gasteiger partial charge in [-0.15, -0.1) is 0 Å². The molecule has 0 aromatic carbocycles. The monoisotopic (exact) mass is 147 g/mol. The van der Waals surface area contributed by atoms with Crippen molar-refractivity contribution in [3.8, 4) is 0 Å². The first-order chi connectivity index (χ1) is 4.27. The first-order valence-electron chi connectivity index (χ1n) is 2.98. The molecule has 0 saturated heterocycles. The summed E-state index contributed by atoms with van der Waals surface area (Å²) in [6.07, 6.45) is 5.60. The van der Waals surface area contributed by atoms with Crippen molar-refractivity contribution in [3.63, 3.8) is 0 Å². The third kappa shape index (κ3) is 7.85. The van der Waals surface area contributed by atoms with Gasteiger partial charge in [0.1, 0.15) is 0 Å². The summed E-state index contributed by atoms with van der Waals surface area (Å²) < 4.78 is 19.8. The predicted molar refractivity (Wildman–Crippen MR) is 37.8 cm³/mol. The van der Waals surface area contributed by atoms with E-state index in [9.17, 15) is 8.76 Å². The zero-order chi connectivity index (χ0) is 7.11. The molecule has 0 fully saturated rings.